The van der Waals surface area contributed by atoms with Crippen LogP contribution in [-0.2, 0) is 0 Å². The van der Waals surface area contributed by atoms with Crippen molar-refractivity contribution in [2.75, 3.05) is 0 Å². The Morgan fingerprint density at radius 2 is 2.07 bits per heavy atom. The van der Waals surface area contributed by atoms with Crippen LogP contribution in [0.1, 0.15) is 24.6 Å². The first-order chi connectivity index (χ1) is 7.34. The molecule has 0 amide bonds. The Kier molecular flexibility index (Phi) is 2.03. The van der Waals surface area contributed by atoms with Crippen LogP contribution in [0.4, 0.5) is 0 Å². The molecule has 0 unspecified atom stereocenters. The summed E-state index contributed by atoms with van der Waals surface area (Å²) in [6, 6.07) is 7.82. The van der Waals surface area contributed by atoms with E-state index < -0.39 is 0 Å². The fourth-order valence-electron chi connectivity index (χ4n) is 1.72. The first-order valence-corrected chi connectivity index (χ1v) is 5.52. The highest BCUT2D eigenvalue weighted by atomic mass is 35.5. The van der Waals surface area contributed by atoms with Crippen LogP contribution in [-0.4, -0.2) is 9.97 Å². The number of nitrogens with one attached hydrogen (secondary N) is 1. The Morgan fingerprint density at radius 1 is 1.27 bits per heavy atom. The van der Waals surface area contributed by atoms with Gasteiger partial charge in [-0.3, -0.25) is 0 Å². The van der Waals surface area contributed by atoms with Crippen LogP contribution < -0.4 is 0 Å². The van der Waals surface area contributed by atoms with Crippen LogP contribution in [0.15, 0.2) is 30.5 Å². The molecule has 1 aromatic carbocycles. The lowest BCUT2D eigenvalue weighted by Crippen LogP contribution is -1.82. The Bertz CT molecular complexity index is 486. The standard InChI is InChI=1S/C12H11ClN2/c13-10-4-2-1-3-9(10)11-7-14-12(15-11)8-5-6-8/h1-4,7-8H,5-6H2,(H,14,15). The number of aromatic nitrogens is 2. The molecule has 1 saturated carbocycles. The lowest BCUT2D eigenvalue weighted by atomic mass is 10.2. The molecule has 1 fully saturated rings. The van der Waals surface area contributed by atoms with E-state index in [-0.39, 0.29) is 0 Å². The molecule has 1 aliphatic rings. The first kappa shape index (κ1) is 8.98. The minimum absolute atomic E-state index is 0.654. The molecule has 3 heteroatoms. The number of benzene rings is 1. The SMILES string of the molecule is Clc1ccccc1-c1cnc(C2CC2)[nH]1. The molecule has 3 rings (SSSR count). The van der Waals surface area contributed by atoms with E-state index in [1.54, 1.807) is 0 Å². The van der Waals surface area contributed by atoms with Crippen molar-refractivity contribution in [1.82, 2.24) is 9.97 Å². The van der Waals surface area contributed by atoms with Crippen LogP contribution in [0.3, 0.4) is 0 Å². The van der Waals surface area contributed by atoms with Gasteiger partial charge >= 0.3 is 0 Å². The second kappa shape index (κ2) is 3.38. The third-order valence-corrected chi connectivity index (χ3v) is 3.05. The number of imidazole rings is 1. The molecule has 0 bridgehead atoms. The predicted molar refractivity (Wildman–Crippen MR) is 61.0 cm³/mol. The maximum absolute atomic E-state index is 6.12. The lowest BCUT2D eigenvalue weighted by Gasteiger charge is -1.99. The van der Waals surface area contributed by atoms with Crippen LogP contribution in [0.2, 0.25) is 5.02 Å². The minimum Gasteiger partial charge on any atom is -0.342 e. The Balaban J connectivity index is 2.01. The highest BCUT2D eigenvalue weighted by molar-refractivity contribution is 6.33. The number of nitrogens with zero attached hydrogens (tertiary/aromatic N) is 1. The van der Waals surface area contributed by atoms with E-state index in [0.29, 0.717) is 5.92 Å². The van der Waals surface area contributed by atoms with Crippen molar-refractivity contribution in [1.29, 1.82) is 0 Å². The first-order valence-electron chi connectivity index (χ1n) is 5.14. The van der Waals surface area contributed by atoms with Crippen LogP contribution in [0, 0.1) is 0 Å². The van der Waals surface area contributed by atoms with Gasteiger partial charge in [-0.25, -0.2) is 4.98 Å². The van der Waals surface area contributed by atoms with Gasteiger partial charge in [0.15, 0.2) is 0 Å². The van der Waals surface area contributed by atoms with Gasteiger partial charge in [-0.15, -0.1) is 0 Å². The van der Waals surface area contributed by atoms with Gasteiger partial charge in [0.05, 0.1) is 11.9 Å². The zero-order valence-electron chi connectivity index (χ0n) is 8.20. The van der Waals surface area contributed by atoms with Gasteiger partial charge in [0, 0.05) is 16.5 Å². The molecule has 0 radical (unpaired) electrons. The summed E-state index contributed by atoms with van der Waals surface area (Å²) in [6.45, 7) is 0. The highest BCUT2D eigenvalue weighted by Crippen LogP contribution is 2.39. The fourth-order valence-corrected chi connectivity index (χ4v) is 1.95. The molecule has 2 nitrogen and oxygen atoms in total. The van der Waals surface area contributed by atoms with Crippen LogP contribution >= 0.6 is 11.6 Å². The fraction of sp³-hybridized carbons (Fsp3) is 0.250. The minimum atomic E-state index is 0.654. The molecule has 0 aliphatic heterocycles. The van der Waals surface area contributed by atoms with Gasteiger partial charge in [0.25, 0.3) is 0 Å². The quantitative estimate of drug-likeness (QED) is 0.820. The summed E-state index contributed by atoms with van der Waals surface area (Å²) in [4.78, 5) is 7.72. The molecule has 0 saturated heterocycles. The molecule has 1 aliphatic carbocycles. The summed E-state index contributed by atoms with van der Waals surface area (Å²) >= 11 is 6.12. The Labute approximate surface area is 93.3 Å². The predicted octanol–water partition coefficient (Wildman–Crippen LogP) is 3.61. The molecule has 1 aromatic heterocycles. The van der Waals surface area contributed by atoms with Crippen molar-refractivity contribution in [3.8, 4) is 11.3 Å². The number of halogens is 1. The number of aromatic amines is 1. The molecule has 0 atom stereocenters. The molecule has 0 spiro atoms. The summed E-state index contributed by atoms with van der Waals surface area (Å²) in [6.07, 6.45) is 4.39. The van der Waals surface area contributed by atoms with Crippen molar-refractivity contribution in [3.05, 3.63) is 41.3 Å². The van der Waals surface area contributed by atoms with Crippen LogP contribution in [0.25, 0.3) is 11.3 Å². The van der Waals surface area contributed by atoms with Crippen molar-refractivity contribution in [2.45, 2.75) is 18.8 Å². The summed E-state index contributed by atoms with van der Waals surface area (Å²) in [5.74, 6) is 1.76. The summed E-state index contributed by atoms with van der Waals surface area (Å²) in [7, 11) is 0. The van der Waals surface area contributed by atoms with E-state index in [2.05, 4.69) is 9.97 Å². The van der Waals surface area contributed by atoms with E-state index in [9.17, 15) is 0 Å². The summed E-state index contributed by atoms with van der Waals surface area (Å²) in [5, 5.41) is 0.767. The second-order valence-corrected chi connectivity index (χ2v) is 4.34. The third kappa shape index (κ3) is 1.65. The number of rotatable bonds is 2. The normalized spacial score (nSPS) is 15.5. The average molecular weight is 219 g/mol. The number of hydrogen-bond donors (Lipinski definition) is 1. The van der Waals surface area contributed by atoms with Crippen molar-refractivity contribution in [3.63, 3.8) is 0 Å². The molecule has 2 aromatic rings. The van der Waals surface area contributed by atoms with E-state index in [1.165, 1.54) is 12.8 Å². The van der Waals surface area contributed by atoms with Crippen molar-refractivity contribution in [2.24, 2.45) is 0 Å². The largest absolute Gasteiger partial charge is 0.342 e. The van der Waals surface area contributed by atoms with Gasteiger partial charge < -0.3 is 4.98 Å². The topological polar surface area (TPSA) is 28.7 Å². The number of H-pyrrole nitrogens is 1. The third-order valence-electron chi connectivity index (χ3n) is 2.72. The monoisotopic (exact) mass is 218 g/mol. The van der Waals surface area contributed by atoms with Gasteiger partial charge in [0.2, 0.25) is 0 Å². The van der Waals surface area contributed by atoms with Gasteiger partial charge in [-0.1, -0.05) is 29.8 Å². The molecule has 1 heterocycles. The van der Waals surface area contributed by atoms with Crippen molar-refractivity contribution >= 4 is 11.6 Å². The van der Waals surface area contributed by atoms with Crippen molar-refractivity contribution < 1.29 is 0 Å². The highest BCUT2D eigenvalue weighted by Gasteiger charge is 2.26. The average Bonchev–Trinajstić information content (AvgIpc) is 2.99. The van der Waals surface area contributed by atoms with E-state index >= 15 is 0 Å². The number of hydrogen-bond acceptors (Lipinski definition) is 1. The smallest absolute Gasteiger partial charge is 0.109 e. The Hall–Kier alpha value is -1.28. The van der Waals surface area contributed by atoms with Gasteiger partial charge in [0.1, 0.15) is 5.82 Å². The van der Waals surface area contributed by atoms with E-state index in [1.807, 2.05) is 30.5 Å². The lowest BCUT2D eigenvalue weighted by molar-refractivity contribution is 0.977. The summed E-state index contributed by atoms with van der Waals surface area (Å²) < 4.78 is 0. The molecule has 15 heavy (non-hydrogen) atoms. The van der Waals surface area contributed by atoms with E-state index in [0.717, 1.165) is 22.1 Å². The zero-order valence-corrected chi connectivity index (χ0v) is 8.96. The maximum atomic E-state index is 6.12. The molecule has 1 N–H and O–H groups in total. The zero-order chi connectivity index (χ0) is 10.3. The van der Waals surface area contributed by atoms with Gasteiger partial charge in [-0.05, 0) is 18.9 Å². The summed E-state index contributed by atoms with van der Waals surface area (Å²) in [5.41, 5.74) is 2.04. The Morgan fingerprint density at radius 3 is 2.80 bits per heavy atom. The van der Waals surface area contributed by atoms with Gasteiger partial charge in [-0.2, -0.15) is 0 Å². The maximum Gasteiger partial charge on any atom is 0.109 e. The van der Waals surface area contributed by atoms with E-state index in [4.69, 9.17) is 11.6 Å². The molecular formula is C12H11ClN2. The van der Waals surface area contributed by atoms with Crippen LogP contribution in [0.5, 0.6) is 0 Å². The second-order valence-electron chi connectivity index (χ2n) is 3.94. The molecule has 76 valence electrons. The molecular weight excluding hydrogens is 208 g/mol.